The van der Waals surface area contributed by atoms with Gasteiger partial charge in [-0.05, 0) is 18.2 Å². The van der Waals surface area contributed by atoms with Crippen LogP contribution in [0.5, 0.6) is 5.88 Å². The van der Waals surface area contributed by atoms with Gasteiger partial charge in [0.15, 0.2) is 5.65 Å². The second-order valence-corrected chi connectivity index (χ2v) is 10.1. The van der Waals surface area contributed by atoms with Crippen molar-refractivity contribution < 1.29 is 45.0 Å². The van der Waals surface area contributed by atoms with Gasteiger partial charge in [0, 0.05) is 38.4 Å². The number of carboxylic acids is 1. The van der Waals surface area contributed by atoms with Crippen LogP contribution in [0, 0.1) is 11.6 Å². The minimum absolute atomic E-state index is 0.0437. The number of carboxylic acid groups (broad SMARTS) is 1. The van der Waals surface area contributed by atoms with Crippen molar-refractivity contribution >= 4 is 38.5 Å². The lowest BCUT2D eigenvalue weighted by Gasteiger charge is -2.28. The van der Waals surface area contributed by atoms with Gasteiger partial charge in [0.05, 0.1) is 24.4 Å². The number of hydrogen-bond acceptors (Lipinski definition) is 10. The Bertz CT molecular complexity index is 1710. The molecule has 42 heavy (non-hydrogen) atoms. The maximum Gasteiger partial charge on any atom is 0.490 e. The SMILES string of the molecule is COc1ncc(-n2cc3c(N4CCNCC4)ncnc3n2)cc1NS(=O)(=O)c1ccc(F)cc1F.O=C(O)C(F)(F)F. The van der Waals surface area contributed by atoms with Gasteiger partial charge in [0.1, 0.15) is 34.4 Å². The van der Waals surface area contributed by atoms with Gasteiger partial charge in [-0.25, -0.2) is 41.6 Å². The first-order valence-corrected chi connectivity index (χ1v) is 13.3. The summed E-state index contributed by atoms with van der Waals surface area (Å²) in [6, 6.07) is 3.63. The number of anilines is 2. The van der Waals surface area contributed by atoms with Crippen molar-refractivity contribution in [1.82, 2.24) is 30.0 Å². The first-order valence-electron chi connectivity index (χ1n) is 11.8. The molecule has 1 saturated heterocycles. The van der Waals surface area contributed by atoms with E-state index < -0.39 is 38.7 Å². The molecular weight excluding hydrogens is 595 g/mol. The lowest BCUT2D eigenvalue weighted by molar-refractivity contribution is -0.192. The Labute approximate surface area is 234 Å². The van der Waals surface area contributed by atoms with Crippen molar-refractivity contribution in [2.45, 2.75) is 11.1 Å². The Hall–Kier alpha value is -4.65. The van der Waals surface area contributed by atoms with Crippen LogP contribution in [-0.2, 0) is 14.8 Å². The van der Waals surface area contributed by atoms with E-state index >= 15 is 0 Å². The minimum Gasteiger partial charge on any atom is -0.479 e. The molecule has 19 heteroatoms. The van der Waals surface area contributed by atoms with Crippen LogP contribution < -0.4 is 19.7 Å². The Morgan fingerprint density at radius 2 is 1.81 bits per heavy atom. The van der Waals surface area contributed by atoms with E-state index in [1.165, 1.54) is 30.4 Å². The van der Waals surface area contributed by atoms with Crippen molar-refractivity contribution in [2.24, 2.45) is 0 Å². The normalized spacial score (nSPS) is 13.8. The molecule has 0 bridgehead atoms. The summed E-state index contributed by atoms with van der Waals surface area (Å²) < 4.78 is 93.7. The number of benzene rings is 1. The highest BCUT2D eigenvalue weighted by Crippen LogP contribution is 2.29. The van der Waals surface area contributed by atoms with E-state index in [1.807, 2.05) is 0 Å². The molecule has 4 aromatic rings. The minimum atomic E-state index is -5.08. The highest BCUT2D eigenvalue weighted by Gasteiger charge is 2.38. The molecule has 0 spiro atoms. The predicted molar refractivity (Wildman–Crippen MR) is 137 cm³/mol. The molecule has 1 aliphatic heterocycles. The molecule has 1 aliphatic rings. The van der Waals surface area contributed by atoms with Crippen LogP contribution in [0.4, 0.5) is 33.5 Å². The molecule has 224 valence electrons. The Kier molecular flexibility index (Phi) is 8.71. The smallest absolute Gasteiger partial charge is 0.479 e. The van der Waals surface area contributed by atoms with Crippen LogP contribution in [0.25, 0.3) is 16.7 Å². The molecule has 0 atom stereocenters. The molecule has 0 amide bonds. The number of pyridine rings is 1. The van der Waals surface area contributed by atoms with Gasteiger partial charge in [-0.2, -0.15) is 13.2 Å². The van der Waals surface area contributed by atoms with Gasteiger partial charge in [-0.15, -0.1) is 5.10 Å². The van der Waals surface area contributed by atoms with Crippen LogP contribution in [0.15, 0.2) is 47.9 Å². The number of fused-ring (bicyclic) bond motifs is 1. The number of carbonyl (C=O) groups is 1. The predicted octanol–water partition coefficient (Wildman–Crippen LogP) is 2.34. The maximum atomic E-state index is 14.1. The van der Waals surface area contributed by atoms with Crippen LogP contribution in [0.1, 0.15) is 0 Å². The summed E-state index contributed by atoms with van der Waals surface area (Å²) in [6.07, 6.45) is -0.465. The lowest BCUT2D eigenvalue weighted by atomic mass is 10.3. The fourth-order valence-electron chi connectivity index (χ4n) is 3.78. The molecule has 1 aromatic carbocycles. The number of aliphatic carboxylic acids is 1. The number of aromatic nitrogens is 5. The zero-order chi connectivity index (χ0) is 30.7. The quantitative estimate of drug-likeness (QED) is 0.273. The Balaban J connectivity index is 0.000000517. The Morgan fingerprint density at radius 3 is 2.43 bits per heavy atom. The average Bonchev–Trinajstić information content (AvgIpc) is 3.37. The monoisotopic (exact) mass is 616 g/mol. The van der Waals surface area contributed by atoms with Gasteiger partial charge in [0.25, 0.3) is 10.0 Å². The van der Waals surface area contributed by atoms with Crippen molar-refractivity contribution in [2.75, 3.05) is 42.9 Å². The molecule has 3 aromatic heterocycles. The van der Waals surface area contributed by atoms with E-state index in [0.717, 1.165) is 49.5 Å². The molecule has 0 saturated carbocycles. The summed E-state index contributed by atoms with van der Waals surface area (Å²) in [4.78, 5) is 23.1. The average molecular weight is 617 g/mol. The summed E-state index contributed by atoms with van der Waals surface area (Å²) in [7, 11) is -3.10. The molecular formula is C23H21F5N8O5S. The maximum absolute atomic E-state index is 14.1. The topological polar surface area (TPSA) is 164 Å². The van der Waals surface area contributed by atoms with Crippen LogP contribution in [-0.4, -0.2) is 83.7 Å². The highest BCUT2D eigenvalue weighted by molar-refractivity contribution is 7.92. The summed E-state index contributed by atoms with van der Waals surface area (Å²) in [5.41, 5.74) is 0.800. The van der Waals surface area contributed by atoms with Gasteiger partial charge < -0.3 is 20.1 Å². The van der Waals surface area contributed by atoms with E-state index in [1.54, 1.807) is 6.20 Å². The molecule has 5 rings (SSSR count). The molecule has 0 radical (unpaired) electrons. The number of alkyl halides is 3. The van der Waals surface area contributed by atoms with Gasteiger partial charge in [-0.3, -0.25) is 4.72 Å². The van der Waals surface area contributed by atoms with Crippen molar-refractivity contribution in [3.63, 3.8) is 0 Å². The fraction of sp³-hybridized carbons (Fsp3) is 0.261. The second kappa shape index (κ2) is 12.1. The Morgan fingerprint density at radius 1 is 1.12 bits per heavy atom. The third-order valence-electron chi connectivity index (χ3n) is 5.68. The van der Waals surface area contributed by atoms with Gasteiger partial charge >= 0.3 is 12.1 Å². The summed E-state index contributed by atoms with van der Waals surface area (Å²) in [5.74, 6) is -4.17. The number of rotatable bonds is 6. The largest absolute Gasteiger partial charge is 0.490 e. The van der Waals surface area contributed by atoms with Gasteiger partial charge in [-0.1, -0.05) is 0 Å². The van der Waals surface area contributed by atoms with Crippen LogP contribution >= 0.6 is 0 Å². The number of nitrogens with zero attached hydrogens (tertiary/aromatic N) is 6. The van der Waals surface area contributed by atoms with Crippen molar-refractivity contribution in [3.05, 3.63) is 54.6 Å². The number of methoxy groups -OCH3 is 1. The third-order valence-corrected chi connectivity index (χ3v) is 7.08. The fourth-order valence-corrected chi connectivity index (χ4v) is 4.89. The summed E-state index contributed by atoms with van der Waals surface area (Å²) in [5, 5.41) is 15.6. The number of ether oxygens (including phenoxy) is 1. The zero-order valence-electron chi connectivity index (χ0n) is 21.4. The lowest BCUT2D eigenvalue weighted by Crippen LogP contribution is -2.43. The third kappa shape index (κ3) is 6.79. The van der Waals surface area contributed by atoms with E-state index in [-0.39, 0.29) is 11.6 Å². The van der Waals surface area contributed by atoms with E-state index in [2.05, 4.69) is 35.0 Å². The van der Waals surface area contributed by atoms with Crippen LogP contribution in [0.3, 0.4) is 0 Å². The number of hydrogen-bond donors (Lipinski definition) is 3. The van der Waals surface area contributed by atoms with E-state index in [0.29, 0.717) is 17.4 Å². The van der Waals surface area contributed by atoms with Gasteiger partial charge in [0.2, 0.25) is 5.88 Å². The summed E-state index contributed by atoms with van der Waals surface area (Å²) >= 11 is 0. The second-order valence-electron chi connectivity index (χ2n) is 8.48. The number of sulfonamides is 1. The molecule has 4 heterocycles. The number of halogens is 5. The van der Waals surface area contributed by atoms with E-state index in [4.69, 9.17) is 14.6 Å². The number of nitrogens with one attached hydrogen (secondary N) is 2. The van der Waals surface area contributed by atoms with Crippen LogP contribution in [0.2, 0.25) is 0 Å². The zero-order valence-corrected chi connectivity index (χ0v) is 22.2. The van der Waals surface area contributed by atoms with E-state index in [9.17, 15) is 30.4 Å². The first kappa shape index (κ1) is 30.3. The molecule has 13 nitrogen and oxygen atoms in total. The first-order chi connectivity index (χ1) is 19.8. The number of piperazine rings is 1. The summed E-state index contributed by atoms with van der Waals surface area (Å²) in [6.45, 7) is 3.24. The molecule has 0 aliphatic carbocycles. The molecule has 0 unspecified atom stereocenters. The standard InChI is InChI=1S/C21H20F2N8O3S.C2HF3O2/c1-34-21-17(29-35(32,33)18-3-2-13(22)8-16(18)23)9-14(10-25-21)31-11-15-19(28-31)26-12-27-20(15)30-6-4-24-5-7-30;3-2(4,5)1(6)7/h2-3,8-12,24,29H,4-7H2,1H3;(H,6,7). The molecule has 1 fully saturated rings. The van der Waals surface area contributed by atoms with Crippen molar-refractivity contribution in [1.29, 1.82) is 0 Å². The highest BCUT2D eigenvalue weighted by atomic mass is 32.2. The molecule has 3 N–H and O–H groups in total. The van der Waals surface area contributed by atoms with Crippen molar-refractivity contribution in [3.8, 4) is 11.6 Å².